The lowest BCUT2D eigenvalue weighted by atomic mass is 10.2. The maximum Gasteiger partial charge on any atom is 0.237 e. The molecule has 0 saturated heterocycles. The number of hydrogen-bond donors (Lipinski definition) is 1. The van der Waals surface area contributed by atoms with Crippen LogP contribution in [0.4, 0.5) is 11.4 Å². The van der Waals surface area contributed by atoms with Gasteiger partial charge < -0.3 is 14.8 Å². The van der Waals surface area contributed by atoms with E-state index in [0.717, 1.165) is 22.9 Å². The van der Waals surface area contributed by atoms with E-state index in [9.17, 15) is 9.59 Å². The van der Waals surface area contributed by atoms with E-state index in [4.69, 9.17) is 0 Å². The lowest BCUT2D eigenvalue weighted by Gasteiger charge is -2.27. The first-order chi connectivity index (χ1) is 14.1. The Morgan fingerprint density at radius 2 is 2.10 bits per heavy atom. The highest BCUT2D eigenvalue weighted by atomic mass is 32.2. The molecule has 2 amide bonds. The van der Waals surface area contributed by atoms with Crippen LogP contribution in [-0.2, 0) is 16.1 Å². The summed E-state index contributed by atoms with van der Waals surface area (Å²) in [5.41, 5.74) is 1.39. The summed E-state index contributed by atoms with van der Waals surface area (Å²) in [4.78, 5) is 28.0. The standard InChI is InChI=1S/C20H21N5O2S2/c1-3-24-19(16-9-6-10-28-16)22-23-20(24)29-12-18(27)25-13(2)11-17(26)21-14-7-4-5-8-15(14)25/h4-10,13H,3,11-12H2,1-2H3,(H,21,26). The van der Waals surface area contributed by atoms with Crippen LogP contribution < -0.4 is 10.2 Å². The Balaban J connectivity index is 1.55. The molecular formula is C20H21N5O2S2. The third-order valence-electron chi connectivity index (χ3n) is 4.73. The molecule has 3 heterocycles. The third kappa shape index (κ3) is 3.92. The smallest absolute Gasteiger partial charge is 0.237 e. The van der Waals surface area contributed by atoms with E-state index in [1.54, 1.807) is 16.2 Å². The van der Waals surface area contributed by atoms with E-state index in [0.29, 0.717) is 10.8 Å². The van der Waals surface area contributed by atoms with E-state index in [-0.39, 0.29) is 30.0 Å². The zero-order valence-corrected chi connectivity index (χ0v) is 17.8. The topological polar surface area (TPSA) is 80.1 Å². The number of anilines is 2. The van der Waals surface area contributed by atoms with Crippen molar-refractivity contribution >= 4 is 46.3 Å². The number of rotatable bonds is 5. The molecule has 1 aromatic carbocycles. The predicted molar refractivity (Wildman–Crippen MR) is 116 cm³/mol. The van der Waals surface area contributed by atoms with Gasteiger partial charge in [0, 0.05) is 19.0 Å². The van der Waals surface area contributed by atoms with Crippen molar-refractivity contribution in [1.29, 1.82) is 0 Å². The second kappa shape index (κ2) is 8.38. The number of nitrogens with one attached hydrogen (secondary N) is 1. The SMILES string of the molecule is CCn1c(SCC(=O)N2c3ccccc3NC(=O)CC2C)nnc1-c1cccs1. The fraction of sp³-hybridized carbons (Fsp3) is 0.300. The van der Waals surface area contributed by atoms with E-state index < -0.39 is 0 Å². The fourth-order valence-electron chi connectivity index (χ4n) is 3.43. The summed E-state index contributed by atoms with van der Waals surface area (Å²) in [6, 6.07) is 11.2. The molecule has 3 aromatic rings. The molecule has 1 atom stereocenters. The van der Waals surface area contributed by atoms with Crippen LogP contribution in [0.15, 0.2) is 46.9 Å². The molecular weight excluding hydrogens is 406 g/mol. The van der Waals surface area contributed by atoms with Crippen LogP contribution in [0.25, 0.3) is 10.7 Å². The van der Waals surface area contributed by atoms with Crippen LogP contribution in [0.1, 0.15) is 20.3 Å². The number of benzene rings is 1. The summed E-state index contributed by atoms with van der Waals surface area (Å²) >= 11 is 2.99. The first kappa shape index (κ1) is 19.7. The van der Waals surface area contributed by atoms with Crippen molar-refractivity contribution in [3.05, 3.63) is 41.8 Å². The Kier molecular flexibility index (Phi) is 5.68. The second-order valence-corrected chi connectivity index (χ2v) is 8.59. The quantitative estimate of drug-likeness (QED) is 0.625. The van der Waals surface area contributed by atoms with Crippen molar-refractivity contribution in [2.45, 2.75) is 38.0 Å². The number of para-hydroxylation sites is 2. The molecule has 0 fully saturated rings. The Morgan fingerprint density at radius 3 is 2.86 bits per heavy atom. The Morgan fingerprint density at radius 1 is 1.28 bits per heavy atom. The number of amides is 2. The largest absolute Gasteiger partial charge is 0.324 e. The van der Waals surface area contributed by atoms with Gasteiger partial charge in [-0.1, -0.05) is 30.0 Å². The van der Waals surface area contributed by atoms with Crippen molar-refractivity contribution in [2.24, 2.45) is 0 Å². The van der Waals surface area contributed by atoms with Crippen LogP contribution in [0, 0.1) is 0 Å². The highest BCUT2D eigenvalue weighted by Crippen LogP contribution is 2.33. The molecule has 1 aliphatic heterocycles. The van der Waals surface area contributed by atoms with Gasteiger partial charge in [0.2, 0.25) is 11.8 Å². The molecule has 7 nitrogen and oxygen atoms in total. The molecule has 1 aliphatic rings. The van der Waals surface area contributed by atoms with Crippen molar-refractivity contribution < 1.29 is 9.59 Å². The average Bonchev–Trinajstić information content (AvgIpc) is 3.34. The summed E-state index contributed by atoms with van der Waals surface area (Å²) in [5, 5.41) is 14.2. The first-order valence-corrected chi connectivity index (χ1v) is 11.3. The summed E-state index contributed by atoms with van der Waals surface area (Å²) in [6.45, 7) is 4.66. The van der Waals surface area contributed by atoms with Crippen molar-refractivity contribution in [1.82, 2.24) is 14.8 Å². The van der Waals surface area contributed by atoms with Crippen molar-refractivity contribution in [2.75, 3.05) is 16.0 Å². The van der Waals surface area contributed by atoms with Gasteiger partial charge >= 0.3 is 0 Å². The number of nitrogens with zero attached hydrogens (tertiary/aromatic N) is 4. The van der Waals surface area contributed by atoms with Crippen molar-refractivity contribution in [3.8, 4) is 10.7 Å². The highest BCUT2D eigenvalue weighted by Gasteiger charge is 2.29. The molecule has 1 N–H and O–H groups in total. The Hall–Kier alpha value is -2.65. The average molecular weight is 428 g/mol. The summed E-state index contributed by atoms with van der Waals surface area (Å²) in [7, 11) is 0. The van der Waals surface area contributed by atoms with Gasteiger partial charge in [-0.2, -0.15) is 0 Å². The molecule has 29 heavy (non-hydrogen) atoms. The Bertz CT molecular complexity index is 1030. The number of thiophene rings is 1. The minimum absolute atomic E-state index is 0.0604. The number of fused-ring (bicyclic) bond motifs is 1. The van der Waals surface area contributed by atoms with Gasteiger partial charge in [-0.3, -0.25) is 9.59 Å². The third-order valence-corrected chi connectivity index (χ3v) is 6.54. The van der Waals surface area contributed by atoms with Crippen molar-refractivity contribution in [3.63, 3.8) is 0 Å². The highest BCUT2D eigenvalue weighted by molar-refractivity contribution is 7.99. The van der Waals surface area contributed by atoms with E-state index in [1.807, 2.05) is 60.2 Å². The summed E-state index contributed by atoms with van der Waals surface area (Å²) in [5.74, 6) is 0.893. The molecule has 0 aliphatic carbocycles. The summed E-state index contributed by atoms with van der Waals surface area (Å²) in [6.07, 6.45) is 0.263. The molecule has 4 rings (SSSR count). The lowest BCUT2D eigenvalue weighted by molar-refractivity contribution is -0.117. The van der Waals surface area contributed by atoms with E-state index in [1.165, 1.54) is 11.8 Å². The molecule has 150 valence electrons. The number of aromatic nitrogens is 3. The first-order valence-electron chi connectivity index (χ1n) is 9.39. The van der Waals surface area contributed by atoms with Gasteiger partial charge in [-0.05, 0) is 37.4 Å². The van der Waals surface area contributed by atoms with Gasteiger partial charge in [0.1, 0.15) is 0 Å². The van der Waals surface area contributed by atoms with Gasteiger partial charge in [-0.25, -0.2) is 0 Å². The van der Waals surface area contributed by atoms with Gasteiger partial charge in [0.05, 0.1) is 22.0 Å². The molecule has 0 spiro atoms. The predicted octanol–water partition coefficient (Wildman–Crippen LogP) is 3.88. The van der Waals surface area contributed by atoms with Crippen LogP contribution in [-0.4, -0.2) is 38.4 Å². The molecule has 0 bridgehead atoms. The maximum atomic E-state index is 13.1. The van der Waals surface area contributed by atoms with Crippen LogP contribution in [0.2, 0.25) is 0 Å². The second-order valence-electron chi connectivity index (χ2n) is 6.70. The van der Waals surface area contributed by atoms with E-state index >= 15 is 0 Å². The lowest BCUT2D eigenvalue weighted by Crippen LogP contribution is -2.40. The molecule has 0 saturated carbocycles. The molecule has 1 unspecified atom stereocenters. The van der Waals surface area contributed by atoms with Crippen LogP contribution in [0.3, 0.4) is 0 Å². The maximum absolute atomic E-state index is 13.1. The number of thioether (sulfide) groups is 1. The van der Waals surface area contributed by atoms with Crippen LogP contribution >= 0.6 is 23.1 Å². The fourth-order valence-corrected chi connectivity index (χ4v) is 5.01. The monoisotopic (exact) mass is 427 g/mol. The normalized spacial score (nSPS) is 16.3. The van der Waals surface area contributed by atoms with Gasteiger partial charge in [0.25, 0.3) is 0 Å². The zero-order chi connectivity index (χ0) is 20.4. The van der Waals surface area contributed by atoms with Gasteiger partial charge in [0.15, 0.2) is 11.0 Å². The number of carbonyl (C=O) groups is 2. The number of hydrogen-bond acceptors (Lipinski definition) is 6. The molecule has 0 radical (unpaired) electrons. The Labute approximate surface area is 177 Å². The van der Waals surface area contributed by atoms with Crippen LogP contribution in [0.5, 0.6) is 0 Å². The molecule has 9 heteroatoms. The number of carbonyl (C=O) groups excluding carboxylic acids is 2. The minimum Gasteiger partial charge on any atom is -0.324 e. The summed E-state index contributed by atoms with van der Waals surface area (Å²) < 4.78 is 2.02. The zero-order valence-electron chi connectivity index (χ0n) is 16.2. The molecule has 2 aromatic heterocycles. The minimum atomic E-state index is -0.225. The van der Waals surface area contributed by atoms with E-state index in [2.05, 4.69) is 15.5 Å². The van der Waals surface area contributed by atoms with Gasteiger partial charge in [-0.15, -0.1) is 21.5 Å².